The molecule has 0 aromatic carbocycles. The van der Waals surface area contributed by atoms with Crippen molar-refractivity contribution in [3.63, 3.8) is 0 Å². The molecule has 0 radical (unpaired) electrons. The minimum atomic E-state index is -4.67. The third-order valence-electron chi connectivity index (χ3n) is 4.58. The largest absolute Gasteiger partial charge is 0.445 e. The summed E-state index contributed by atoms with van der Waals surface area (Å²) in [5, 5.41) is 5.94. The lowest BCUT2D eigenvalue weighted by atomic mass is 9.77. The Balaban J connectivity index is 1.77. The topological polar surface area (TPSA) is 56.2 Å². The van der Waals surface area contributed by atoms with Crippen molar-refractivity contribution in [1.82, 2.24) is 9.78 Å². The molecule has 2 fully saturated rings. The summed E-state index contributed by atoms with van der Waals surface area (Å²) < 4.78 is 96.2. The van der Waals surface area contributed by atoms with Crippen LogP contribution in [0.25, 0.3) is 0 Å². The standard InChI is InChI=1S/C15H16F7N3O2/c1-25-11(23-12(26)27-8-4-14(18,19)5-8)9(6-15(20,21)22)10(24-25)7-2-13(16,17)3-7/h7-8H,2-6H2,1H3,(H,23,26). The van der Waals surface area contributed by atoms with Crippen LogP contribution >= 0.6 is 0 Å². The Hall–Kier alpha value is -2.01. The minimum Gasteiger partial charge on any atom is -0.445 e. The van der Waals surface area contributed by atoms with E-state index >= 15 is 0 Å². The third kappa shape index (κ3) is 4.46. The molecule has 0 spiro atoms. The normalized spacial score (nSPS) is 22.1. The van der Waals surface area contributed by atoms with Crippen LogP contribution in [0, 0.1) is 0 Å². The van der Waals surface area contributed by atoms with Gasteiger partial charge >= 0.3 is 12.3 Å². The number of carbonyl (C=O) groups excluding carboxylic acids is 1. The van der Waals surface area contributed by atoms with Gasteiger partial charge in [0.15, 0.2) is 0 Å². The van der Waals surface area contributed by atoms with E-state index in [0.717, 1.165) is 4.68 Å². The zero-order chi connectivity index (χ0) is 20.2. The highest BCUT2D eigenvalue weighted by Crippen LogP contribution is 2.50. The van der Waals surface area contributed by atoms with Crippen LogP contribution in [0.5, 0.6) is 0 Å². The summed E-state index contributed by atoms with van der Waals surface area (Å²) in [6.45, 7) is 0. The maximum atomic E-state index is 13.1. The number of nitrogens with one attached hydrogen (secondary N) is 1. The van der Waals surface area contributed by atoms with E-state index < -0.39 is 73.8 Å². The van der Waals surface area contributed by atoms with Gasteiger partial charge in [-0.2, -0.15) is 18.3 Å². The fraction of sp³-hybridized carbons (Fsp3) is 0.733. The molecule has 2 aliphatic rings. The van der Waals surface area contributed by atoms with Crippen molar-refractivity contribution in [1.29, 1.82) is 0 Å². The van der Waals surface area contributed by atoms with Crippen molar-refractivity contribution in [3.8, 4) is 0 Å². The number of aryl methyl sites for hydroxylation is 1. The van der Waals surface area contributed by atoms with E-state index in [1.807, 2.05) is 0 Å². The average Bonchev–Trinajstić information content (AvgIpc) is 2.69. The molecule has 27 heavy (non-hydrogen) atoms. The van der Waals surface area contributed by atoms with Gasteiger partial charge < -0.3 is 4.74 Å². The molecule has 2 saturated carbocycles. The second-order valence-corrected chi connectivity index (χ2v) is 7.01. The summed E-state index contributed by atoms with van der Waals surface area (Å²) in [7, 11) is 1.24. The number of ether oxygens (including phenoxy) is 1. The number of alkyl halides is 7. The first-order chi connectivity index (χ1) is 12.2. The van der Waals surface area contributed by atoms with Crippen molar-refractivity contribution in [2.45, 2.75) is 62.1 Å². The number of aromatic nitrogens is 2. The molecular weight excluding hydrogens is 387 g/mol. The van der Waals surface area contributed by atoms with Crippen molar-refractivity contribution in [2.75, 3.05) is 5.32 Å². The lowest BCUT2D eigenvalue weighted by Crippen LogP contribution is -2.43. The SMILES string of the molecule is Cn1nc(C2CC(F)(F)C2)c(CC(F)(F)F)c1NC(=O)OC1CC(F)(F)C1. The molecule has 0 atom stereocenters. The number of nitrogens with zero attached hydrogens (tertiary/aromatic N) is 2. The Kier molecular flexibility index (Phi) is 4.58. The monoisotopic (exact) mass is 403 g/mol. The second-order valence-electron chi connectivity index (χ2n) is 7.01. The maximum absolute atomic E-state index is 13.1. The molecule has 2 aliphatic carbocycles. The fourth-order valence-electron chi connectivity index (χ4n) is 3.27. The minimum absolute atomic E-state index is 0.161. The third-order valence-corrected chi connectivity index (χ3v) is 4.58. The first-order valence-electron chi connectivity index (χ1n) is 8.10. The van der Waals surface area contributed by atoms with Crippen LogP contribution in [0.15, 0.2) is 0 Å². The number of hydrogen-bond donors (Lipinski definition) is 1. The van der Waals surface area contributed by atoms with E-state index in [-0.39, 0.29) is 11.5 Å². The van der Waals surface area contributed by atoms with Gasteiger partial charge in [-0.1, -0.05) is 0 Å². The molecule has 0 saturated heterocycles. The lowest BCUT2D eigenvalue weighted by molar-refractivity contribution is -0.143. The van der Waals surface area contributed by atoms with Crippen molar-refractivity contribution < 1.29 is 40.3 Å². The molecule has 0 aliphatic heterocycles. The summed E-state index contributed by atoms with van der Waals surface area (Å²) in [5.41, 5.74) is -0.590. The Morgan fingerprint density at radius 1 is 1.19 bits per heavy atom. The second kappa shape index (κ2) is 6.26. The first-order valence-corrected chi connectivity index (χ1v) is 8.10. The molecule has 0 unspecified atom stereocenters. The highest BCUT2D eigenvalue weighted by molar-refractivity contribution is 5.85. The molecule has 1 amide bonds. The summed E-state index contributed by atoms with van der Waals surface area (Å²) in [4.78, 5) is 11.8. The number of carbonyl (C=O) groups is 1. The quantitative estimate of drug-likeness (QED) is 0.759. The van der Waals surface area contributed by atoms with Gasteiger partial charge in [0.25, 0.3) is 5.92 Å². The molecule has 1 aromatic heterocycles. The summed E-state index contributed by atoms with van der Waals surface area (Å²) in [6.07, 6.45) is -11.0. The van der Waals surface area contributed by atoms with Crippen LogP contribution in [-0.4, -0.2) is 40.0 Å². The van der Waals surface area contributed by atoms with Gasteiger partial charge in [0, 0.05) is 44.2 Å². The van der Waals surface area contributed by atoms with Gasteiger partial charge in [-0.05, 0) is 0 Å². The van der Waals surface area contributed by atoms with Gasteiger partial charge in [-0.25, -0.2) is 22.4 Å². The Morgan fingerprint density at radius 2 is 1.74 bits per heavy atom. The van der Waals surface area contributed by atoms with E-state index in [4.69, 9.17) is 4.74 Å². The predicted molar refractivity (Wildman–Crippen MR) is 78.0 cm³/mol. The van der Waals surface area contributed by atoms with E-state index in [2.05, 4.69) is 10.4 Å². The average molecular weight is 403 g/mol. The summed E-state index contributed by atoms with van der Waals surface area (Å²) in [6, 6.07) is 0. The van der Waals surface area contributed by atoms with Crippen LogP contribution in [0.1, 0.15) is 42.9 Å². The van der Waals surface area contributed by atoms with Crippen molar-refractivity contribution in [3.05, 3.63) is 11.3 Å². The fourth-order valence-corrected chi connectivity index (χ4v) is 3.27. The van der Waals surface area contributed by atoms with E-state index in [1.54, 1.807) is 0 Å². The molecule has 0 bridgehead atoms. The molecule has 1 aromatic rings. The van der Waals surface area contributed by atoms with Gasteiger partial charge in [-0.15, -0.1) is 0 Å². The summed E-state index contributed by atoms with van der Waals surface area (Å²) >= 11 is 0. The highest BCUT2D eigenvalue weighted by Gasteiger charge is 2.49. The molecule has 12 heteroatoms. The zero-order valence-corrected chi connectivity index (χ0v) is 14.0. The maximum Gasteiger partial charge on any atom is 0.413 e. The van der Waals surface area contributed by atoms with Crippen LogP contribution in [0.3, 0.4) is 0 Å². The van der Waals surface area contributed by atoms with Crippen LogP contribution in [0.2, 0.25) is 0 Å². The van der Waals surface area contributed by atoms with E-state index in [0.29, 0.717) is 0 Å². The molecule has 1 heterocycles. The Morgan fingerprint density at radius 3 is 2.22 bits per heavy atom. The highest BCUT2D eigenvalue weighted by atomic mass is 19.4. The lowest BCUT2D eigenvalue weighted by Gasteiger charge is -2.34. The van der Waals surface area contributed by atoms with Gasteiger partial charge in [0.2, 0.25) is 5.92 Å². The summed E-state index contributed by atoms with van der Waals surface area (Å²) in [5.74, 6) is -7.10. The van der Waals surface area contributed by atoms with Gasteiger partial charge in [-0.3, -0.25) is 10.00 Å². The van der Waals surface area contributed by atoms with E-state index in [1.165, 1.54) is 7.05 Å². The van der Waals surface area contributed by atoms with Gasteiger partial charge in [0.05, 0.1) is 12.1 Å². The number of hydrogen-bond acceptors (Lipinski definition) is 3. The first kappa shape index (κ1) is 19.7. The van der Waals surface area contributed by atoms with E-state index in [9.17, 15) is 35.5 Å². The predicted octanol–water partition coefficient (Wildman–Crippen LogP) is 4.38. The van der Waals surface area contributed by atoms with Crippen molar-refractivity contribution in [2.24, 2.45) is 7.05 Å². The molecule has 3 rings (SSSR count). The molecular formula is C15H16F7N3O2. The van der Waals surface area contributed by atoms with Gasteiger partial charge in [0.1, 0.15) is 11.9 Å². The van der Waals surface area contributed by atoms with Crippen molar-refractivity contribution >= 4 is 11.9 Å². The Labute approximate surface area is 148 Å². The number of anilines is 1. The van der Waals surface area contributed by atoms with Crippen LogP contribution in [-0.2, 0) is 18.2 Å². The molecule has 1 N–H and O–H groups in total. The van der Waals surface area contributed by atoms with Crippen LogP contribution < -0.4 is 5.32 Å². The smallest absolute Gasteiger partial charge is 0.413 e. The van der Waals surface area contributed by atoms with Crippen LogP contribution in [0.4, 0.5) is 41.3 Å². The zero-order valence-electron chi connectivity index (χ0n) is 14.0. The Bertz CT molecular complexity index is 729. The number of halogens is 7. The molecule has 5 nitrogen and oxygen atoms in total. The molecule has 152 valence electrons. The number of amides is 1. The number of rotatable bonds is 4.